The highest BCUT2D eigenvalue weighted by Gasteiger charge is 2.13. The fourth-order valence-corrected chi connectivity index (χ4v) is 1.33. The normalized spacial score (nSPS) is 12.3. The molecule has 0 aliphatic rings. The van der Waals surface area contributed by atoms with Gasteiger partial charge in [-0.2, -0.15) is 0 Å². The minimum absolute atomic E-state index is 0.390. The maximum atomic E-state index is 11.4. The van der Waals surface area contributed by atoms with Crippen LogP contribution in [0.1, 0.15) is 25.0 Å². The molecule has 0 fully saturated rings. The summed E-state index contributed by atoms with van der Waals surface area (Å²) < 4.78 is 5.26. The summed E-state index contributed by atoms with van der Waals surface area (Å²) in [7, 11) is 0. The summed E-state index contributed by atoms with van der Waals surface area (Å²) in [6.07, 6.45) is 0.837. The van der Waals surface area contributed by atoms with E-state index >= 15 is 0 Å². The van der Waals surface area contributed by atoms with Crippen LogP contribution in [-0.2, 0) is 11.2 Å². The van der Waals surface area contributed by atoms with Crippen LogP contribution in [-0.4, -0.2) is 12.0 Å². The Labute approximate surface area is 90.2 Å². The highest BCUT2D eigenvalue weighted by atomic mass is 16.5. The number of hydrogen-bond donors (Lipinski definition) is 1. The van der Waals surface area contributed by atoms with Gasteiger partial charge in [0.2, 0.25) is 0 Å². The van der Waals surface area contributed by atoms with Gasteiger partial charge >= 0.3 is 5.97 Å². The number of carbonyl (C=O) groups is 1. The van der Waals surface area contributed by atoms with Crippen molar-refractivity contribution in [2.45, 2.75) is 33.2 Å². The van der Waals surface area contributed by atoms with Crippen molar-refractivity contribution in [3.05, 3.63) is 29.3 Å². The Morgan fingerprint density at radius 2 is 2.20 bits per heavy atom. The lowest BCUT2D eigenvalue weighted by Gasteiger charge is -2.12. The van der Waals surface area contributed by atoms with Crippen LogP contribution >= 0.6 is 0 Å². The number of para-hydroxylation sites is 1. The molecule has 3 heteroatoms. The molecule has 0 aromatic heterocycles. The van der Waals surface area contributed by atoms with Gasteiger partial charge in [-0.3, -0.25) is 0 Å². The lowest BCUT2D eigenvalue weighted by Crippen LogP contribution is -2.31. The van der Waals surface area contributed by atoms with E-state index in [-0.39, 0.29) is 5.97 Å². The summed E-state index contributed by atoms with van der Waals surface area (Å²) in [5.41, 5.74) is 7.44. The fourth-order valence-electron chi connectivity index (χ4n) is 1.33. The second kappa shape index (κ2) is 4.94. The van der Waals surface area contributed by atoms with Crippen LogP contribution in [0.3, 0.4) is 0 Å². The van der Waals surface area contributed by atoms with Crippen molar-refractivity contribution in [1.82, 2.24) is 0 Å². The number of rotatable bonds is 3. The van der Waals surface area contributed by atoms with E-state index in [9.17, 15) is 4.79 Å². The molecule has 1 atom stereocenters. The van der Waals surface area contributed by atoms with Gasteiger partial charge in [0, 0.05) is 0 Å². The molecule has 0 unspecified atom stereocenters. The first-order chi connectivity index (χ1) is 7.06. The summed E-state index contributed by atoms with van der Waals surface area (Å²) in [5.74, 6) is 0.265. The molecule has 3 nitrogen and oxygen atoms in total. The van der Waals surface area contributed by atoms with Gasteiger partial charge in [-0.25, -0.2) is 4.79 Å². The van der Waals surface area contributed by atoms with Crippen molar-refractivity contribution in [3.8, 4) is 5.75 Å². The molecule has 82 valence electrons. The molecule has 2 N–H and O–H groups in total. The van der Waals surface area contributed by atoms with Gasteiger partial charge in [0.1, 0.15) is 11.8 Å². The topological polar surface area (TPSA) is 52.3 Å². The molecule has 0 bridgehead atoms. The molecule has 1 aromatic rings. The van der Waals surface area contributed by atoms with Gasteiger partial charge in [-0.05, 0) is 31.4 Å². The number of esters is 1. The molecule has 0 heterocycles. The summed E-state index contributed by atoms with van der Waals surface area (Å²) >= 11 is 0. The van der Waals surface area contributed by atoms with E-state index in [1.54, 1.807) is 6.92 Å². The zero-order chi connectivity index (χ0) is 11.4. The smallest absolute Gasteiger partial charge is 0.328 e. The number of benzene rings is 1. The molecule has 1 aromatic carbocycles. The standard InChI is InChI=1S/C12H17NO2/c1-4-10-7-5-6-8(2)11(10)15-12(14)9(3)13/h5-7,9H,4,13H2,1-3H3/t9-/m0/s1. The number of nitrogens with two attached hydrogens (primary N) is 1. The third-order valence-electron chi connectivity index (χ3n) is 2.25. The molecular weight excluding hydrogens is 190 g/mol. The third kappa shape index (κ3) is 2.80. The zero-order valence-corrected chi connectivity index (χ0v) is 9.41. The molecule has 15 heavy (non-hydrogen) atoms. The zero-order valence-electron chi connectivity index (χ0n) is 9.41. The van der Waals surface area contributed by atoms with Gasteiger partial charge in [0.05, 0.1) is 0 Å². The van der Waals surface area contributed by atoms with Crippen LogP contribution < -0.4 is 10.5 Å². The number of hydrogen-bond acceptors (Lipinski definition) is 3. The first-order valence-corrected chi connectivity index (χ1v) is 5.12. The van der Waals surface area contributed by atoms with E-state index < -0.39 is 6.04 Å². The molecule has 0 radical (unpaired) electrons. The first kappa shape index (κ1) is 11.7. The largest absolute Gasteiger partial charge is 0.425 e. The Bertz CT molecular complexity index is 359. The quantitative estimate of drug-likeness (QED) is 0.607. The van der Waals surface area contributed by atoms with Gasteiger partial charge in [0.15, 0.2) is 0 Å². The van der Waals surface area contributed by atoms with E-state index in [1.165, 1.54) is 0 Å². The Morgan fingerprint density at radius 1 is 1.53 bits per heavy atom. The van der Waals surface area contributed by atoms with Crippen LogP contribution in [0.25, 0.3) is 0 Å². The van der Waals surface area contributed by atoms with Crippen LogP contribution in [0, 0.1) is 6.92 Å². The average molecular weight is 207 g/mol. The molecule has 0 saturated carbocycles. The van der Waals surface area contributed by atoms with Crippen LogP contribution in [0.4, 0.5) is 0 Å². The minimum atomic E-state index is -0.589. The minimum Gasteiger partial charge on any atom is -0.425 e. The lowest BCUT2D eigenvalue weighted by molar-refractivity contribution is -0.135. The molecule has 0 amide bonds. The van der Waals surface area contributed by atoms with Crippen molar-refractivity contribution in [2.75, 3.05) is 0 Å². The molecule has 0 spiro atoms. The van der Waals surface area contributed by atoms with Crippen molar-refractivity contribution in [2.24, 2.45) is 5.73 Å². The van der Waals surface area contributed by atoms with Crippen LogP contribution in [0.5, 0.6) is 5.75 Å². The van der Waals surface area contributed by atoms with Gasteiger partial charge in [-0.15, -0.1) is 0 Å². The fraction of sp³-hybridized carbons (Fsp3) is 0.417. The van der Waals surface area contributed by atoms with E-state index in [2.05, 4.69) is 0 Å². The molecule has 0 aliphatic heterocycles. The van der Waals surface area contributed by atoms with Crippen LogP contribution in [0.2, 0.25) is 0 Å². The second-order valence-corrected chi connectivity index (χ2v) is 3.63. The van der Waals surface area contributed by atoms with Crippen LogP contribution in [0.15, 0.2) is 18.2 Å². The summed E-state index contributed by atoms with van der Waals surface area (Å²) in [6.45, 7) is 5.56. The number of aryl methyl sites for hydroxylation is 2. The van der Waals surface area contributed by atoms with Gasteiger partial charge < -0.3 is 10.5 Å². The van der Waals surface area contributed by atoms with Gasteiger partial charge in [0.25, 0.3) is 0 Å². The van der Waals surface area contributed by atoms with Crippen molar-refractivity contribution in [3.63, 3.8) is 0 Å². The van der Waals surface area contributed by atoms with Crippen molar-refractivity contribution in [1.29, 1.82) is 0 Å². The van der Waals surface area contributed by atoms with E-state index in [1.807, 2.05) is 32.0 Å². The third-order valence-corrected chi connectivity index (χ3v) is 2.25. The number of ether oxygens (including phenoxy) is 1. The highest BCUT2D eigenvalue weighted by molar-refractivity contribution is 5.78. The maximum Gasteiger partial charge on any atom is 0.328 e. The maximum absolute atomic E-state index is 11.4. The first-order valence-electron chi connectivity index (χ1n) is 5.12. The SMILES string of the molecule is CCc1cccc(C)c1OC(=O)[C@H](C)N. The Balaban J connectivity index is 2.97. The second-order valence-electron chi connectivity index (χ2n) is 3.63. The number of carbonyl (C=O) groups excluding carboxylic acids is 1. The Hall–Kier alpha value is -1.35. The van der Waals surface area contributed by atoms with Crippen molar-refractivity contribution < 1.29 is 9.53 Å². The molecular formula is C12H17NO2. The highest BCUT2D eigenvalue weighted by Crippen LogP contribution is 2.24. The molecule has 0 aliphatic carbocycles. The van der Waals surface area contributed by atoms with E-state index in [0.717, 1.165) is 17.5 Å². The average Bonchev–Trinajstić information content (AvgIpc) is 2.20. The Kier molecular flexibility index (Phi) is 3.86. The van der Waals surface area contributed by atoms with E-state index in [0.29, 0.717) is 5.75 Å². The van der Waals surface area contributed by atoms with E-state index in [4.69, 9.17) is 10.5 Å². The monoisotopic (exact) mass is 207 g/mol. The predicted molar refractivity (Wildman–Crippen MR) is 59.8 cm³/mol. The van der Waals surface area contributed by atoms with Gasteiger partial charge in [-0.1, -0.05) is 25.1 Å². The van der Waals surface area contributed by atoms with Crippen molar-refractivity contribution >= 4 is 5.97 Å². The Morgan fingerprint density at radius 3 is 2.73 bits per heavy atom. The molecule has 0 saturated heterocycles. The lowest BCUT2D eigenvalue weighted by atomic mass is 10.1. The summed E-state index contributed by atoms with van der Waals surface area (Å²) in [6, 6.07) is 5.24. The summed E-state index contributed by atoms with van der Waals surface area (Å²) in [4.78, 5) is 11.4. The summed E-state index contributed by atoms with van der Waals surface area (Å²) in [5, 5.41) is 0. The predicted octanol–water partition coefficient (Wildman–Crippen LogP) is 1.81. The molecule has 1 rings (SSSR count).